The highest BCUT2D eigenvalue weighted by atomic mass is 19.1. The van der Waals surface area contributed by atoms with Crippen LogP contribution in [0.1, 0.15) is 10.4 Å². The summed E-state index contributed by atoms with van der Waals surface area (Å²) in [6.07, 6.45) is 3.22. The van der Waals surface area contributed by atoms with Crippen LogP contribution in [0.4, 0.5) is 4.39 Å². The van der Waals surface area contributed by atoms with Crippen molar-refractivity contribution < 1.29 is 18.3 Å². The lowest BCUT2D eigenvalue weighted by Crippen LogP contribution is -2.05. The second-order valence-electron chi connectivity index (χ2n) is 6.36. The molecule has 29 heavy (non-hydrogen) atoms. The molecule has 0 bridgehead atoms. The van der Waals surface area contributed by atoms with Crippen LogP contribution < -0.4 is 0 Å². The van der Waals surface area contributed by atoms with Gasteiger partial charge in [-0.2, -0.15) is 5.10 Å². The molecule has 8 heteroatoms. The van der Waals surface area contributed by atoms with Gasteiger partial charge in [0.1, 0.15) is 11.3 Å². The minimum Gasteiger partial charge on any atom is -0.465 e. The van der Waals surface area contributed by atoms with E-state index in [2.05, 4.69) is 15.1 Å². The molecule has 7 nitrogen and oxygen atoms in total. The van der Waals surface area contributed by atoms with Crippen LogP contribution in [0.3, 0.4) is 0 Å². The Kier molecular flexibility index (Phi) is 3.83. The molecule has 0 aliphatic rings. The third kappa shape index (κ3) is 2.91. The zero-order valence-electron chi connectivity index (χ0n) is 15.2. The quantitative estimate of drug-likeness (QED) is 0.432. The minimum absolute atomic E-state index is 0.376. The van der Waals surface area contributed by atoms with Crippen molar-refractivity contribution in [3.8, 4) is 17.3 Å². The number of aromatic nitrogens is 4. The van der Waals surface area contributed by atoms with Crippen molar-refractivity contribution in [1.29, 1.82) is 0 Å². The summed E-state index contributed by atoms with van der Waals surface area (Å²) >= 11 is 0. The highest BCUT2D eigenvalue weighted by Gasteiger charge is 2.13. The molecule has 5 rings (SSSR count). The molecule has 0 atom stereocenters. The van der Waals surface area contributed by atoms with E-state index in [0.717, 1.165) is 16.5 Å². The highest BCUT2D eigenvalue weighted by Crippen LogP contribution is 2.28. The van der Waals surface area contributed by atoms with Crippen molar-refractivity contribution in [2.24, 2.45) is 0 Å². The van der Waals surface area contributed by atoms with Gasteiger partial charge in [-0.15, -0.1) is 0 Å². The van der Waals surface area contributed by atoms with Gasteiger partial charge in [-0.05, 0) is 42.5 Å². The number of pyridine rings is 1. The van der Waals surface area contributed by atoms with Gasteiger partial charge in [0.15, 0.2) is 11.4 Å². The first-order chi connectivity index (χ1) is 14.1. The van der Waals surface area contributed by atoms with Crippen LogP contribution in [-0.2, 0) is 4.74 Å². The van der Waals surface area contributed by atoms with E-state index in [1.54, 1.807) is 29.1 Å². The fourth-order valence-corrected chi connectivity index (χ4v) is 3.15. The van der Waals surface area contributed by atoms with E-state index in [9.17, 15) is 9.18 Å². The van der Waals surface area contributed by atoms with Gasteiger partial charge >= 0.3 is 5.97 Å². The number of methoxy groups -OCH3 is 1. The molecule has 0 saturated carbocycles. The Morgan fingerprint density at radius 3 is 2.90 bits per heavy atom. The third-order valence-corrected chi connectivity index (χ3v) is 4.55. The predicted molar refractivity (Wildman–Crippen MR) is 103 cm³/mol. The number of carbonyl (C=O) groups is 1. The summed E-state index contributed by atoms with van der Waals surface area (Å²) in [6, 6.07) is 13.0. The summed E-state index contributed by atoms with van der Waals surface area (Å²) in [5, 5.41) is 5.22. The first-order valence-corrected chi connectivity index (χ1v) is 8.71. The van der Waals surface area contributed by atoms with E-state index in [0.29, 0.717) is 28.4 Å². The van der Waals surface area contributed by atoms with Gasteiger partial charge in [-0.3, -0.25) is 0 Å². The fourth-order valence-electron chi connectivity index (χ4n) is 3.15. The van der Waals surface area contributed by atoms with Gasteiger partial charge in [-0.1, -0.05) is 0 Å². The maximum atomic E-state index is 13.4. The number of rotatable bonds is 3. The number of ether oxygens (including phenoxy) is 1. The normalized spacial score (nSPS) is 11.2. The van der Waals surface area contributed by atoms with E-state index in [1.165, 1.54) is 25.4 Å². The lowest BCUT2D eigenvalue weighted by atomic mass is 10.1. The van der Waals surface area contributed by atoms with Crippen LogP contribution in [0.15, 0.2) is 65.3 Å². The van der Waals surface area contributed by atoms with Crippen molar-refractivity contribution in [1.82, 2.24) is 19.7 Å². The second-order valence-corrected chi connectivity index (χ2v) is 6.36. The molecule has 0 aliphatic heterocycles. The highest BCUT2D eigenvalue weighted by molar-refractivity contribution is 5.90. The van der Waals surface area contributed by atoms with E-state index in [-0.39, 0.29) is 5.82 Å². The summed E-state index contributed by atoms with van der Waals surface area (Å²) in [7, 11) is 1.33. The molecule has 0 N–H and O–H groups in total. The van der Waals surface area contributed by atoms with E-state index in [1.807, 2.05) is 18.2 Å². The maximum Gasteiger partial charge on any atom is 0.338 e. The van der Waals surface area contributed by atoms with Gasteiger partial charge in [-0.25, -0.2) is 23.8 Å². The van der Waals surface area contributed by atoms with Gasteiger partial charge < -0.3 is 9.15 Å². The summed E-state index contributed by atoms with van der Waals surface area (Å²) in [6.45, 7) is 0. The standard InChI is InChI=1S/C21H13FN4O3/c1-28-21(27)13-6-7-23-19(9-13)26-17-5-2-12(8-14(17)11-24-26)20-25-16-4-3-15(22)10-18(16)29-20/h2-11H,1H3. The van der Waals surface area contributed by atoms with Crippen LogP contribution in [0.25, 0.3) is 39.3 Å². The molecular weight excluding hydrogens is 375 g/mol. The molecule has 0 aliphatic carbocycles. The van der Waals surface area contributed by atoms with E-state index in [4.69, 9.17) is 9.15 Å². The molecule has 142 valence electrons. The lowest BCUT2D eigenvalue weighted by Gasteiger charge is -2.05. The molecule has 3 heterocycles. The molecule has 5 aromatic rings. The van der Waals surface area contributed by atoms with Crippen molar-refractivity contribution in [3.05, 3.63) is 72.3 Å². The average molecular weight is 388 g/mol. The minimum atomic E-state index is -0.445. The molecule has 0 spiro atoms. The predicted octanol–water partition coefficient (Wildman–Crippen LogP) is 4.15. The van der Waals surface area contributed by atoms with Crippen molar-refractivity contribution in [2.75, 3.05) is 7.11 Å². The Morgan fingerprint density at radius 1 is 1.14 bits per heavy atom. The van der Waals surface area contributed by atoms with Gasteiger partial charge in [0.05, 0.1) is 24.4 Å². The first-order valence-electron chi connectivity index (χ1n) is 8.71. The molecule has 0 amide bonds. The monoisotopic (exact) mass is 388 g/mol. The number of carbonyl (C=O) groups excluding carboxylic acids is 1. The fraction of sp³-hybridized carbons (Fsp3) is 0.0476. The van der Waals surface area contributed by atoms with Crippen LogP contribution in [0.2, 0.25) is 0 Å². The third-order valence-electron chi connectivity index (χ3n) is 4.55. The molecule has 0 saturated heterocycles. The smallest absolute Gasteiger partial charge is 0.338 e. The number of fused-ring (bicyclic) bond motifs is 2. The zero-order chi connectivity index (χ0) is 20.0. The van der Waals surface area contributed by atoms with Crippen LogP contribution in [0, 0.1) is 5.82 Å². The summed E-state index contributed by atoms with van der Waals surface area (Å²) in [5.41, 5.74) is 2.90. The lowest BCUT2D eigenvalue weighted by molar-refractivity contribution is 0.0600. The number of halogens is 1. The number of benzene rings is 2. The molecule has 0 unspecified atom stereocenters. The van der Waals surface area contributed by atoms with Crippen molar-refractivity contribution >= 4 is 28.0 Å². The molecule has 2 aromatic carbocycles. The topological polar surface area (TPSA) is 83.0 Å². The number of hydrogen-bond acceptors (Lipinski definition) is 6. The molecule has 0 radical (unpaired) electrons. The van der Waals surface area contributed by atoms with Crippen LogP contribution in [0.5, 0.6) is 0 Å². The summed E-state index contributed by atoms with van der Waals surface area (Å²) < 4.78 is 25.5. The van der Waals surface area contributed by atoms with Gasteiger partial charge in [0.2, 0.25) is 5.89 Å². The number of nitrogens with zero attached hydrogens (tertiary/aromatic N) is 4. The molecular formula is C21H13FN4O3. The van der Waals surface area contributed by atoms with Gasteiger partial charge in [0, 0.05) is 23.2 Å². The largest absolute Gasteiger partial charge is 0.465 e. The van der Waals surface area contributed by atoms with Crippen LogP contribution in [-0.4, -0.2) is 32.8 Å². The average Bonchev–Trinajstić information content (AvgIpc) is 3.36. The maximum absolute atomic E-state index is 13.4. The van der Waals surface area contributed by atoms with E-state index < -0.39 is 5.97 Å². The SMILES string of the molecule is COC(=O)c1ccnc(-n2ncc3cc(-c4nc5ccc(F)cc5o4)ccc32)c1. The van der Waals surface area contributed by atoms with E-state index >= 15 is 0 Å². The Bertz CT molecular complexity index is 1390. The van der Waals surface area contributed by atoms with Crippen molar-refractivity contribution in [2.45, 2.75) is 0 Å². The molecule has 3 aromatic heterocycles. The summed E-state index contributed by atoms with van der Waals surface area (Å²) in [5.74, 6) is 0.0671. The Labute approximate surface area is 163 Å². The number of esters is 1. The Hall–Kier alpha value is -4.07. The molecule has 0 fully saturated rings. The Morgan fingerprint density at radius 2 is 2.03 bits per heavy atom. The van der Waals surface area contributed by atoms with Crippen molar-refractivity contribution in [3.63, 3.8) is 0 Å². The van der Waals surface area contributed by atoms with Gasteiger partial charge in [0.25, 0.3) is 0 Å². The second kappa shape index (κ2) is 6.52. The number of hydrogen-bond donors (Lipinski definition) is 0. The first kappa shape index (κ1) is 17.1. The zero-order valence-corrected chi connectivity index (χ0v) is 15.2. The summed E-state index contributed by atoms with van der Waals surface area (Å²) in [4.78, 5) is 20.5. The Balaban J connectivity index is 1.57. The number of oxazole rings is 1. The van der Waals surface area contributed by atoms with Crippen LogP contribution >= 0.6 is 0 Å².